The Kier molecular flexibility index (Phi) is 8.73. The number of imidazole rings is 1. The summed E-state index contributed by atoms with van der Waals surface area (Å²) < 4.78 is 1.99. The van der Waals surface area contributed by atoms with Crippen molar-refractivity contribution >= 4 is 46.8 Å². The van der Waals surface area contributed by atoms with Gasteiger partial charge in [0.2, 0.25) is 5.95 Å². The number of likely N-dealkylation sites (N-methyl/N-ethyl adjacent to an activating group) is 1. The quantitative estimate of drug-likeness (QED) is 0.202. The summed E-state index contributed by atoms with van der Waals surface area (Å²) in [6.07, 6.45) is 2.12. The van der Waals surface area contributed by atoms with Gasteiger partial charge in [0, 0.05) is 48.9 Å². The van der Waals surface area contributed by atoms with E-state index >= 15 is 0 Å². The van der Waals surface area contributed by atoms with Crippen LogP contribution in [-0.2, 0) is 24.8 Å². The summed E-state index contributed by atoms with van der Waals surface area (Å²) >= 11 is 13.5. The molecule has 0 amide bonds. The van der Waals surface area contributed by atoms with Gasteiger partial charge in [0.25, 0.3) is 0 Å². The highest BCUT2D eigenvalue weighted by atomic mass is 35.5. The summed E-state index contributed by atoms with van der Waals surface area (Å²) in [7, 11) is 4.03. The number of hydrogen-bond donors (Lipinski definition) is 3. The Morgan fingerprint density at radius 1 is 1.24 bits per heavy atom. The number of aliphatic hydroxyl groups excluding tert-OH is 1. The number of carbonyl (C=O) groups excluding carboxylic acids is 1. The Morgan fingerprint density at radius 3 is 2.66 bits per heavy atom. The van der Waals surface area contributed by atoms with E-state index in [9.17, 15) is 9.90 Å². The number of nitrogens with two attached hydrogens (primary N) is 1. The number of nitrogens with zero attached hydrogens (tertiary/aromatic N) is 4. The molecule has 0 spiro atoms. The van der Waals surface area contributed by atoms with Gasteiger partial charge < -0.3 is 25.1 Å². The molecule has 200 valence electrons. The number of benzene rings is 2. The molecule has 38 heavy (non-hydrogen) atoms. The van der Waals surface area contributed by atoms with Crippen molar-refractivity contribution in [2.24, 2.45) is 17.8 Å². The Balaban J connectivity index is 1.60. The van der Waals surface area contributed by atoms with Crippen molar-refractivity contribution in [1.82, 2.24) is 14.5 Å². The van der Waals surface area contributed by atoms with E-state index in [0.717, 1.165) is 25.2 Å². The second kappa shape index (κ2) is 12.0. The standard InChI is InChI=1S/C27H30Cl2N6O3/c1-4-23(37)21(15-36)31-13-19(30)18-9-5-7-16(25(18)28)17-8-6-10-24(26(17)29)38-33-27-32-20-14-34(2)12-11-22(20)35(27)3/h5-10,13,15,23,37H,4,11-12,14,30H2,1-3H3,(H,32,33)/b19-13-,31-21?. The molecule has 0 aliphatic carbocycles. The number of hydrogen-bond acceptors (Lipinski definition) is 8. The van der Waals surface area contributed by atoms with E-state index in [2.05, 4.69) is 27.4 Å². The van der Waals surface area contributed by atoms with Gasteiger partial charge in [-0.05, 0) is 19.5 Å². The van der Waals surface area contributed by atoms with E-state index in [-0.39, 0.29) is 11.4 Å². The van der Waals surface area contributed by atoms with Gasteiger partial charge in [-0.1, -0.05) is 60.5 Å². The molecule has 4 rings (SSSR count). The highest BCUT2D eigenvalue weighted by Crippen LogP contribution is 2.40. The summed E-state index contributed by atoms with van der Waals surface area (Å²) in [4.78, 5) is 28.0. The largest absolute Gasteiger partial charge is 0.397 e. The Bertz CT molecular complexity index is 1400. The van der Waals surface area contributed by atoms with Crippen LogP contribution in [0.4, 0.5) is 5.95 Å². The predicted molar refractivity (Wildman–Crippen MR) is 151 cm³/mol. The van der Waals surface area contributed by atoms with Gasteiger partial charge in [-0.15, -0.1) is 0 Å². The number of nitrogens with one attached hydrogen (secondary N) is 1. The fourth-order valence-corrected chi connectivity index (χ4v) is 4.83. The lowest BCUT2D eigenvalue weighted by Crippen LogP contribution is -2.27. The van der Waals surface area contributed by atoms with Crippen molar-refractivity contribution < 1.29 is 14.7 Å². The molecule has 0 saturated heterocycles. The SMILES string of the molecule is CCC(O)C(C=O)=N/C=C(\N)c1cccc(-c2cccc(ONc3nc4c(n3C)CCN(C)C4)c2Cl)c1Cl. The number of aliphatic hydroxyl groups is 1. The maximum atomic E-state index is 11.2. The molecule has 4 N–H and O–H groups in total. The maximum Gasteiger partial charge on any atom is 0.236 e. The third-order valence-corrected chi connectivity index (χ3v) is 7.26. The number of fused-ring (bicyclic) bond motifs is 1. The fourth-order valence-electron chi connectivity index (χ4n) is 4.23. The van der Waals surface area contributed by atoms with Gasteiger partial charge in [0.1, 0.15) is 5.71 Å². The minimum Gasteiger partial charge on any atom is -0.397 e. The van der Waals surface area contributed by atoms with Crippen LogP contribution in [0.3, 0.4) is 0 Å². The Morgan fingerprint density at radius 2 is 1.95 bits per heavy atom. The summed E-state index contributed by atoms with van der Waals surface area (Å²) in [5, 5.41) is 10.6. The van der Waals surface area contributed by atoms with E-state index in [4.69, 9.17) is 33.8 Å². The molecule has 3 aromatic rings. The van der Waals surface area contributed by atoms with Gasteiger partial charge in [-0.2, -0.15) is 5.48 Å². The van der Waals surface area contributed by atoms with Crippen LogP contribution in [0.5, 0.6) is 5.75 Å². The van der Waals surface area contributed by atoms with E-state index < -0.39 is 6.10 Å². The van der Waals surface area contributed by atoms with Crippen LogP contribution in [0.25, 0.3) is 16.8 Å². The monoisotopic (exact) mass is 556 g/mol. The van der Waals surface area contributed by atoms with Crippen molar-refractivity contribution in [1.29, 1.82) is 0 Å². The minimum absolute atomic E-state index is 0.0105. The highest BCUT2D eigenvalue weighted by Gasteiger charge is 2.21. The second-order valence-corrected chi connectivity index (χ2v) is 9.80. The van der Waals surface area contributed by atoms with Gasteiger partial charge in [0.15, 0.2) is 12.0 Å². The molecule has 1 aliphatic rings. The number of aromatic nitrogens is 2. The molecule has 11 heteroatoms. The number of anilines is 1. The molecule has 0 bridgehead atoms. The van der Waals surface area contributed by atoms with Crippen LogP contribution in [-0.4, -0.2) is 51.3 Å². The van der Waals surface area contributed by atoms with Crippen molar-refractivity contribution in [3.8, 4) is 16.9 Å². The lowest BCUT2D eigenvalue weighted by molar-refractivity contribution is -0.103. The van der Waals surface area contributed by atoms with E-state index in [0.29, 0.717) is 51.1 Å². The van der Waals surface area contributed by atoms with Gasteiger partial charge in [-0.25, -0.2) is 4.98 Å². The maximum absolute atomic E-state index is 11.2. The number of halogens is 2. The van der Waals surface area contributed by atoms with Gasteiger partial charge in [-0.3, -0.25) is 9.79 Å². The molecule has 0 saturated carbocycles. The highest BCUT2D eigenvalue weighted by molar-refractivity contribution is 6.38. The van der Waals surface area contributed by atoms with Crippen LogP contribution < -0.4 is 16.1 Å². The number of aldehydes is 1. The molecule has 1 unspecified atom stereocenters. The van der Waals surface area contributed by atoms with Crippen molar-refractivity contribution in [2.45, 2.75) is 32.4 Å². The lowest BCUT2D eigenvalue weighted by Gasteiger charge is -2.21. The molecule has 1 atom stereocenters. The van der Waals surface area contributed by atoms with E-state index in [1.165, 1.54) is 11.9 Å². The van der Waals surface area contributed by atoms with Crippen LogP contribution in [0.15, 0.2) is 47.6 Å². The van der Waals surface area contributed by atoms with Crippen molar-refractivity contribution in [3.63, 3.8) is 0 Å². The zero-order chi connectivity index (χ0) is 27.4. The zero-order valence-electron chi connectivity index (χ0n) is 21.4. The van der Waals surface area contributed by atoms with Crippen LogP contribution >= 0.6 is 23.2 Å². The second-order valence-electron chi connectivity index (χ2n) is 9.04. The lowest BCUT2D eigenvalue weighted by atomic mass is 10.0. The predicted octanol–water partition coefficient (Wildman–Crippen LogP) is 4.46. The summed E-state index contributed by atoms with van der Waals surface area (Å²) in [5.74, 6) is 0.995. The topological polar surface area (TPSA) is 118 Å². The van der Waals surface area contributed by atoms with Crippen LogP contribution in [0, 0.1) is 0 Å². The smallest absolute Gasteiger partial charge is 0.236 e. The molecule has 9 nitrogen and oxygen atoms in total. The number of carbonyl (C=O) groups is 1. The third-order valence-electron chi connectivity index (χ3n) is 6.46. The first-order chi connectivity index (χ1) is 18.2. The number of aliphatic imine (C=N–C) groups is 1. The molecular weight excluding hydrogens is 527 g/mol. The Hall–Kier alpha value is -3.37. The molecule has 0 fully saturated rings. The summed E-state index contributed by atoms with van der Waals surface area (Å²) in [5.41, 5.74) is 13.4. The summed E-state index contributed by atoms with van der Waals surface area (Å²) in [6, 6.07) is 10.7. The first-order valence-electron chi connectivity index (χ1n) is 12.1. The van der Waals surface area contributed by atoms with Gasteiger partial charge in [0.05, 0.1) is 33.7 Å². The summed E-state index contributed by atoms with van der Waals surface area (Å²) in [6.45, 7) is 3.51. The zero-order valence-corrected chi connectivity index (χ0v) is 22.9. The van der Waals surface area contributed by atoms with Crippen LogP contribution in [0.2, 0.25) is 10.0 Å². The van der Waals surface area contributed by atoms with E-state index in [1.54, 1.807) is 25.1 Å². The molecule has 1 aliphatic heterocycles. The number of rotatable bonds is 9. The first kappa shape index (κ1) is 27.7. The molecule has 2 heterocycles. The normalized spacial score (nSPS) is 15.2. The average molecular weight is 557 g/mol. The fraction of sp³-hybridized carbons (Fsp3) is 0.296. The van der Waals surface area contributed by atoms with Gasteiger partial charge >= 0.3 is 0 Å². The molecule has 2 aromatic carbocycles. The van der Waals surface area contributed by atoms with Crippen LogP contribution in [0.1, 0.15) is 30.3 Å². The molecule has 1 aromatic heterocycles. The first-order valence-corrected chi connectivity index (χ1v) is 12.9. The Labute approximate surface area is 231 Å². The average Bonchev–Trinajstić information content (AvgIpc) is 3.22. The molecule has 0 radical (unpaired) electrons. The van der Waals surface area contributed by atoms with Crippen molar-refractivity contribution in [3.05, 3.63) is 69.6 Å². The minimum atomic E-state index is -0.967. The van der Waals surface area contributed by atoms with E-state index in [1.807, 2.05) is 29.8 Å². The van der Waals surface area contributed by atoms with Crippen molar-refractivity contribution in [2.75, 3.05) is 19.1 Å². The third kappa shape index (κ3) is 5.71. The molecular formula is C27H30Cl2N6O3.